The Kier molecular flexibility index (Phi) is 11.8. The third-order valence-electron chi connectivity index (χ3n) is 6.57. The van der Waals surface area contributed by atoms with E-state index < -0.39 is 0 Å². The van der Waals surface area contributed by atoms with Gasteiger partial charge in [-0.05, 0) is 66.5 Å². The summed E-state index contributed by atoms with van der Waals surface area (Å²) in [4.78, 5) is 2.35. The molecular weight excluding hydrogens is 550 g/mol. The van der Waals surface area contributed by atoms with Crippen LogP contribution >= 0.6 is 34.8 Å². The smallest absolute Gasteiger partial charge is 0.124 e. The van der Waals surface area contributed by atoms with Crippen molar-refractivity contribution in [1.29, 1.82) is 0 Å². The lowest BCUT2D eigenvalue weighted by Crippen LogP contribution is -2.29. The monoisotopic (exact) mass is 586 g/mol. The van der Waals surface area contributed by atoms with Crippen LogP contribution in [-0.2, 0) is 0 Å². The number of fused-ring (bicyclic) bond motifs is 1. The molecule has 0 spiro atoms. The van der Waals surface area contributed by atoms with Crippen molar-refractivity contribution < 1.29 is 4.39 Å². The molecule has 3 aromatic carbocycles. The lowest BCUT2D eigenvalue weighted by atomic mass is 9.77. The predicted molar refractivity (Wildman–Crippen MR) is 171 cm³/mol. The highest BCUT2D eigenvalue weighted by Gasteiger charge is 2.32. The van der Waals surface area contributed by atoms with Gasteiger partial charge in [0.15, 0.2) is 0 Å². The molecule has 0 bridgehead atoms. The molecule has 1 N–H and O–H groups in total. The summed E-state index contributed by atoms with van der Waals surface area (Å²) in [6.45, 7) is 15.4. The van der Waals surface area contributed by atoms with Crippen LogP contribution in [0.25, 0.3) is 11.1 Å². The minimum absolute atomic E-state index is 0.334. The third kappa shape index (κ3) is 7.20. The maximum Gasteiger partial charge on any atom is 0.124 e. The van der Waals surface area contributed by atoms with Gasteiger partial charge >= 0.3 is 0 Å². The molecule has 0 aromatic heterocycles. The first kappa shape index (κ1) is 31.1. The second-order valence-corrected chi connectivity index (χ2v) is 10.8. The summed E-state index contributed by atoms with van der Waals surface area (Å²) in [6, 6.07) is 16.3. The Balaban J connectivity index is 0.00000134. The Labute approximate surface area is 248 Å². The fraction of sp³-hybridized carbons (Fsp3) is 0.333. The molecule has 1 atom stereocenters. The van der Waals surface area contributed by atoms with Gasteiger partial charge in [-0.2, -0.15) is 0 Å². The van der Waals surface area contributed by atoms with Gasteiger partial charge in [-0.1, -0.05) is 99.3 Å². The lowest BCUT2D eigenvalue weighted by Gasteiger charge is -2.35. The summed E-state index contributed by atoms with van der Waals surface area (Å²) in [5, 5.41) is 4.97. The van der Waals surface area contributed by atoms with Crippen LogP contribution in [0.5, 0.6) is 0 Å². The summed E-state index contributed by atoms with van der Waals surface area (Å²) in [6.07, 6.45) is 5.64. The molecule has 2 nitrogen and oxygen atoms in total. The summed E-state index contributed by atoms with van der Waals surface area (Å²) in [5.74, 6) is -0.775. The second kappa shape index (κ2) is 14.8. The zero-order valence-electron chi connectivity index (χ0n) is 23.3. The van der Waals surface area contributed by atoms with Crippen LogP contribution in [0.3, 0.4) is 0 Å². The number of hydrogen-bond acceptors (Lipinski definition) is 2. The molecule has 39 heavy (non-hydrogen) atoms. The van der Waals surface area contributed by atoms with Gasteiger partial charge in [-0.25, -0.2) is 4.39 Å². The summed E-state index contributed by atoms with van der Waals surface area (Å²) >= 11 is 20.3. The Morgan fingerprint density at radius 2 is 1.67 bits per heavy atom. The third-order valence-corrected chi connectivity index (χ3v) is 7.53. The number of rotatable bonds is 9. The quantitative estimate of drug-likeness (QED) is 0.268. The van der Waals surface area contributed by atoms with Crippen molar-refractivity contribution in [3.63, 3.8) is 0 Å². The van der Waals surface area contributed by atoms with Gasteiger partial charge < -0.3 is 10.2 Å². The van der Waals surface area contributed by atoms with E-state index in [0.29, 0.717) is 15.1 Å². The van der Waals surface area contributed by atoms with Crippen molar-refractivity contribution in [2.75, 3.05) is 29.9 Å². The number of anilines is 2. The largest absolute Gasteiger partial charge is 0.385 e. The van der Waals surface area contributed by atoms with E-state index in [4.69, 9.17) is 34.8 Å². The van der Waals surface area contributed by atoms with Crippen molar-refractivity contribution in [3.8, 4) is 0 Å². The van der Waals surface area contributed by atoms with Gasteiger partial charge in [-0.15, -0.1) is 0 Å². The van der Waals surface area contributed by atoms with Crippen molar-refractivity contribution in [3.05, 3.63) is 105 Å². The molecule has 0 saturated heterocycles. The van der Waals surface area contributed by atoms with Crippen LogP contribution in [0.1, 0.15) is 69.6 Å². The Morgan fingerprint density at radius 1 is 0.974 bits per heavy atom. The van der Waals surface area contributed by atoms with E-state index in [0.717, 1.165) is 71.7 Å². The zero-order valence-corrected chi connectivity index (χ0v) is 25.5. The first-order valence-electron chi connectivity index (χ1n) is 13.7. The van der Waals surface area contributed by atoms with Crippen molar-refractivity contribution in [2.24, 2.45) is 0 Å². The molecular formula is C33H38Cl3FN2. The number of unbranched alkanes of at least 4 members (excludes halogenated alkanes) is 1. The molecule has 1 aliphatic rings. The highest BCUT2D eigenvalue weighted by Crippen LogP contribution is 2.51. The van der Waals surface area contributed by atoms with Crippen LogP contribution in [0.4, 0.5) is 15.8 Å². The van der Waals surface area contributed by atoms with E-state index in [-0.39, 0.29) is 11.7 Å². The van der Waals surface area contributed by atoms with E-state index in [1.807, 2.05) is 37.3 Å². The minimum atomic E-state index is -0.388. The maximum atomic E-state index is 14.1. The highest BCUT2D eigenvalue weighted by atomic mass is 35.5. The number of benzene rings is 3. The molecule has 1 aliphatic heterocycles. The topological polar surface area (TPSA) is 15.3 Å². The molecule has 3 aromatic rings. The van der Waals surface area contributed by atoms with Crippen molar-refractivity contribution >= 4 is 57.3 Å². The average Bonchev–Trinajstić information content (AvgIpc) is 2.90. The van der Waals surface area contributed by atoms with Crippen LogP contribution in [0.2, 0.25) is 15.1 Å². The summed E-state index contributed by atoms with van der Waals surface area (Å²) in [7, 11) is 0. The standard InChI is InChI=1S/C30H30Cl3FN2.C3H8/c1-4-6-16-36-17-15-22(30-24(32)10-8-12-27(30)36)28(21-14-13-20(34)18-25(21)33)19(3)29-23(31)9-7-11-26(29)35-5-2;1-3-2/h7-15,18,28,35H,3-6,16-17H2,1-2H3;3H2,1-2H3. The molecule has 0 aliphatic carbocycles. The fourth-order valence-corrected chi connectivity index (χ4v) is 5.76. The molecule has 1 unspecified atom stereocenters. The van der Waals surface area contributed by atoms with Crippen LogP contribution in [0.15, 0.2) is 67.3 Å². The first-order valence-corrected chi connectivity index (χ1v) is 14.8. The Morgan fingerprint density at radius 3 is 2.33 bits per heavy atom. The van der Waals surface area contributed by atoms with Gasteiger partial charge in [-0.3, -0.25) is 0 Å². The summed E-state index contributed by atoms with van der Waals surface area (Å²) in [5.41, 5.74) is 6.24. The number of allylic oxidation sites excluding steroid dienone is 2. The number of nitrogens with one attached hydrogen (secondary N) is 1. The molecule has 208 valence electrons. The first-order chi connectivity index (χ1) is 18.8. The second-order valence-electron chi connectivity index (χ2n) is 9.62. The number of hydrogen-bond donors (Lipinski definition) is 1. The predicted octanol–water partition coefficient (Wildman–Crippen LogP) is 11.1. The van der Waals surface area contributed by atoms with Crippen LogP contribution in [-0.4, -0.2) is 19.6 Å². The van der Waals surface area contributed by atoms with Gasteiger partial charge in [0, 0.05) is 53.1 Å². The molecule has 1 heterocycles. The van der Waals surface area contributed by atoms with E-state index in [1.165, 1.54) is 18.6 Å². The van der Waals surface area contributed by atoms with Crippen LogP contribution < -0.4 is 10.2 Å². The number of nitrogens with zero attached hydrogens (tertiary/aromatic N) is 1. The molecule has 0 radical (unpaired) electrons. The average molecular weight is 588 g/mol. The summed E-state index contributed by atoms with van der Waals surface area (Å²) < 4.78 is 14.1. The van der Waals surface area contributed by atoms with Gasteiger partial charge in [0.2, 0.25) is 0 Å². The normalized spacial score (nSPS) is 13.1. The molecule has 6 heteroatoms. The Bertz CT molecular complexity index is 1320. The van der Waals surface area contributed by atoms with E-state index in [2.05, 4.69) is 49.7 Å². The van der Waals surface area contributed by atoms with E-state index >= 15 is 0 Å². The zero-order chi connectivity index (χ0) is 28.5. The van der Waals surface area contributed by atoms with Crippen molar-refractivity contribution in [1.82, 2.24) is 0 Å². The molecule has 0 fully saturated rings. The molecule has 4 rings (SSSR count). The highest BCUT2D eigenvalue weighted by molar-refractivity contribution is 6.34. The molecule has 0 saturated carbocycles. The lowest BCUT2D eigenvalue weighted by molar-refractivity contribution is 0.627. The minimum Gasteiger partial charge on any atom is -0.385 e. The number of halogens is 4. The maximum absolute atomic E-state index is 14.1. The van der Waals surface area contributed by atoms with Gasteiger partial charge in [0.1, 0.15) is 5.82 Å². The fourth-order valence-electron chi connectivity index (χ4n) is 4.91. The van der Waals surface area contributed by atoms with Gasteiger partial charge in [0.25, 0.3) is 0 Å². The van der Waals surface area contributed by atoms with E-state index in [1.54, 1.807) is 6.07 Å². The van der Waals surface area contributed by atoms with Crippen LogP contribution in [0, 0.1) is 5.82 Å². The van der Waals surface area contributed by atoms with Crippen molar-refractivity contribution in [2.45, 2.75) is 52.9 Å². The SMILES string of the molecule is C=C(c1c(Cl)cccc1NCC)C(C1=CCN(CCCC)c2cccc(Cl)c21)c1ccc(F)cc1Cl.CCC. The molecule has 0 amide bonds. The van der Waals surface area contributed by atoms with Gasteiger partial charge in [0.05, 0.1) is 10.0 Å². The Hall–Kier alpha value is -2.46. The van der Waals surface area contributed by atoms with E-state index in [9.17, 15) is 4.39 Å².